The molecule has 5 heteroatoms. The average molecular weight is 312 g/mol. The lowest BCUT2D eigenvalue weighted by molar-refractivity contribution is -0.0410. The Morgan fingerprint density at radius 2 is 1.86 bits per heavy atom. The van der Waals surface area contributed by atoms with Crippen molar-refractivity contribution in [2.45, 2.75) is 95.5 Å². The summed E-state index contributed by atoms with van der Waals surface area (Å²) in [5.41, 5.74) is 0. The number of ether oxygens (including phenoxy) is 1. The van der Waals surface area contributed by atoms with Gasteiger partial charge in [0.05, 0.1) is 24.4 Å². The third-order valence-electron chi connectivity index (χ3n) is 4.81. The van der Waals surface area contributed by atoms with Crippen LogP contribution in [-0.4, -0.2) is 42.0 Å². The largest absolute Gasteiger partial charge is 0.391 e. The topological polar surface area (TPSA) is 70.6 Å². The molecule has 2 fully saturated rings. The van der Waals surface area contributed by atoms with Gasteiger partial charge in [0.2, 0.25) is 0 Å². The summed E-state index contributed by atoms with van der Waals surface area (Å²) in [6.07, 6.45) is 11.0. The van der Waals surface area contributed by atoms with Crippen molar-refractivity contribution in [3.05, 3.63) is 0 Å². The molecule has 2 rings (SSSR count). The second-order valence-electron chi connectivity index (χ2n) is 6.77. The highest BCUT2D eigenvalue weighted by Gasteiger charge is 2.30. The number of rotatable bonds is 7. The normalized spacial score (nSPS) is 27.5. The number of carbonyl (C=O) groups is 1. The summed E-state index contributed by atoms with van der Waals surface area (Å²) < 4.78 is 6.24. The van der Waals surface area contributed by atoms with Gasteiger partial charge in [0.15, 0.2) is 0 Å². The van der Waals surface area contributed by atoms with Gasteiger partial charge in [-0.05, 0) is 32.1 Å². The van der Waals surface area contributed by atoms with Gasteiger partial charge < -0.3 is 20.5 Å². The molecule has 0 radical (unpaired) electrons. The predicted molar refractivity (Wildman–Crippen MR) is 86.8 cm³/mol. The van der Waals surface area contributed by atoms with Crippen molar-refractivity contribution in [3.63, 3.8) is 0 Å². The number of hydrogen-bond donors (Lipinski definition) is 3. The minimum Gasteiger partial charge on any atom is -0.391 e. The van der Waals surface area contributed by atoms with E-state index in [4.69, 9.17) is 4.74 Å². The summed E-state index contributed by atoms with van der Waals surface area (Å²) in [7, 11) is 0. The van der Waals surface area contributed by atoms with E-state index in [0.29, 0.717) is 12.6 Å². The fourth-order valence-electron chi connectivity index (χ4n) is 3.56. The summed E-state index contributed by atoms with van der Waals surface area (Å²) in [4.78, 5) is 12.0. The molecular formula is C17H32N2O3. The molecule has 0 heterocycles. The third kappa shape index (κ3) is 5.76. The fraction of sp³-hybridized carbons (Fsp3) is 0.941. The molecular weight excluding hydrogens is 280 g/mol. The molecule has 2 aliphatic rings. The second kappa shape index (κ2) is 9.36. The lowest BCUT2D eigenvalue weighted by Crippen LogP contribution is -2.51. The number of carbonyl (C=O) groups excluding carboxylic acids is 1. The van der Waals surface area contributed by atoms with Gasteiger partial charge in [-0.1, -0.05) is 39.0 Å². The monoisotopic (exact) mass is 312 g/mol. The molecule has 2 saturated carbocycles. The molecule has 3 atom stereocenters. The summed E-state index contributed by atoms with van der Waals surface area (Å²) in [5, 5.41) is 15.5. The summed E-state index contributed by atoms with van der Waals surface area (Å²) in [5.74, 6) is 0. The van der Waals surface area contributed by atoms with E-state index < -0.39 is 6.10 Å². The minimum atomic E-state index is -0.451. The van der Waals surface area contributed by atoms with E-state index in [2.05, 4.69) is 10.6 Å². The number of urea groups is 1. The van der Waals surface area contributed by atoms with Gasteiger partial charge in [-0.3, -0.25) is 0 Å². The Hall–Kier alpha value is -0.810. The fourth-order valence-corrected chi connectivity index (χ4v) is 3.56. The first kappa shape index (κ1) is 17.5. The zero-order valence-corrected chi connectivity index (χ0v) is 13.9. The van der Waals surface area contributed by atoms with E-state index in [-0.39, 0.29) is 18.2 Å². The zero-order chi connectivity index (χ0) is 15.8. The Kier molecular flexibility index (Phi) is 7.46. The van der Waals surface area contributed by atoms with Crippen molar-refractivity contribution in [2.75, 3.05) is 6.54 Å². The molecule has 3 N–H and O–H groups in total. The van der Waals surface area contributed by atoms with Crippen molar-refractivity contribution in [1.29, 1.82) is 0 Å². The molecule has 0 saturated heterocycles. The van der Waals surface area contributed by atoms with E-state index in [0.717, 1.165) is 32.1 Å². The van der Waals surface area contributed by atoms with E-state index in [9.17, 15) is 9.90 Å². The average Bonchev–Trinajstić information content (AvgIpc) is 3.00. The lowest BCUT2D eigenvalue weighted by atomic mass is 9.92. The van der Waals surface area contributed by atoms with Crippen LogP contribution in [0.2, 0.25) is 0 Å². The van der Waals surface area contributed by atoms with Crippen molar-refractivity contribution >= 4 is 6.03 Å². The molecule has 2 aliphatic carbocycles. The second-order valence-corrected chi connectivity index (χ2v) is 6.77. The first-order valence-electron chi connectivity index (χ1n) is 9.07. The molecule has 0 spiro atoms. The van der Waals surface area contributed by atoms with Crippen molar-refractivity contribution < 1.29 is 14.6 Å². The Morgan fingerprint density at radius 1 is 1.18 bits per heavy atom. The maximum atomic E-state index is 12.0. The van der Waals surface area contributed by atoms with Gasteiger partial charge in [0.1, 0.15) is 0 Å². The van der Waals surface area contributed by atoms with Crippen LogP contribution in [-0.2, 0) is 4.74 Å². The van der Waals surface area contributed by atoms with Crippen LogP contribution in [0.5, 0.6) is 0 Å². The summed E-state index contributed by atoms with van der Waals surface area (Å²) >= 11 is 0. The van der Waals surface area contributed by atoms with Crippen molar-refractivity contribution in [1.82, 2.24) is 10.6 Å². The molecule has 0 bridgehead atoms. The standard InChI is InChI=1S/C17H32N2O3/c1-2-7-13(20)12-18-17(21)19-15-10-5-6-11-16(15)22-14-8-3-4-9-14/h13-16,20H,2-12H2,1H3,(H2,18,19,21). The molecule has 128 valence electrons. The smallest absolute Gasteiger partial charge is 0.315 e. The number of nitrogens with one attached hydrogen (secondary N) is 2. The zero-order valence-electron chi connectivity index (χ0n) is 13.9. The molecule has 0 aliphatic heterocycles. The van der Waals surface area contributed by atoms with E-state index in [1.165, 1.54) is 32.1 Å². The third-order valence-corrected chi connectivity index (χ3v) is 4.81. The number of aliphatic hydroxyl groups excluding tert-OH is 1. The van der Waals surface area contributed by atoms with Crippen LogP contribution in [0.3, 0.4) is 0 Å². The SMILES string of the molecule is CCCC(O)CNC(=O)NC1CCCCC1OC1CCCC1. The first-order valence-corrected chi connectivity index (χ1v) is 9.07. The van der Waals surface area contributed by atoms with Crippen LogP contribution < -0.4 is 10.6 Å². The van der Waals surface area contributed by atoms with Crippen LogP contribution in [0.4, 0.5) is 4.79 Å². The van der Waals surface area contributed by atoms with Gasteiger partial charge >= 0.3 is 6.03 Å². The van der Waals surface area contributed by atoms with Gasteiger partial charge in [-0.2, -0.15) is 0 Å². The van der Waals surface area contributed by atoms with Crippen LogP contribution in [0.25, 0.3) is 0 Å². The number of amides is 2. The van der Waals surface area contributed by atoms with Crippen molar-refractivity contribution in [3.8, 4) is 0 Å². The first-order chi connectivity index (χ1) is 10.7. The van der Waals surface area contributed by atoms with E-state index in [1.54, 1.807) is 0 Å². The van der Waals surface area contributed by atoms with Crippen LogP contribution in [0.15, 0.2) is 0 Å². The Morgan fingerprint density at radius 3 is 2.59 bits per heavy atom. The van der Waals surface area contributed by atoms with Crippen LogP contribution in [0, 0.1) is 0 Å². The molecule has 0 aromatic rings. The highest BCUT2D eigenvalue weighted by Crippen LogP contribution is 2.28. The summed E-state index contributed by atoms with van der Waals surface area (Å²) in [6, 6.07) is -0.0697. The van der Waals surface area contributed by atoms with E-state index in [1.807, 2.05) is 6.92 Å². The Labute approximate surface area is 134 Å². The van der Waals surface area contributed by atoms with Crippen LogP contribution >= 0.6 is 0 Å². The van der Waals surface area contributed by atoms with E-state index >= 15 is 0 Å². The Balaban J connectivity index is 1.73. The molecule has 0 aromatic heterocycles. The maximum absolute atomic E-state index is 12.0. The number of hydrogen-bond acceptors (Lipinski definition) is 3. The molecule has 0 aromatic carbocycles. The van der Waals surface area contributed by atoms with Gasteiger partial charge in [-0.15, -0.1) is 0 Å². The molecule has 5 nitrogen and oxygen atoms in total. The maximum Gasteiger partial charge on any atom is 0.315 e. The highest BCUT2D eigenvalue weighted by molar-refractivity contribution is 5.74. The van der Waals surface area contributed by atoms with Crippen molar-refractivity contribution in [2.24, 2.45) is 0 Å². The van der Waals surface area contributed by atoms with Crippen LogP contribution in [0.1, 0.15) is 71.1 Å². The molecule has 3 unspecified atom stereocenters. The van der Waals surface area contributed by atoms with Gasteiger partial charge in [0, 0.05) is 6.54 Å². The molecule has 2 amide bonds. The minimum absolute atomic E-state index is 0.109. The Bertz CT molecular complexity index is 332. The van der Waals surface area contributed by atoms with Gasteiger partial charge in [-0.25, -0.2) is 4.79 Å². The summed E-state index contributed by atoms with van der Waals surface area (Å²) in [6.45, 7) is 2.34. The predicted octanol–water partition coefficient (Wildman–Crippen LogP) is 2.72. The highest BCUT2D eigenvalue weighted by atomic mass is 16.5. The van der Waals surface area contributed by atoms with Gasteiger partial charge in [0.25, 0.3) is 0 Å². The number of aliphatic hydroxyl groups is 1. The molecule has 22 heavy (non-hydrogen) atoms. The lowest BCUT2D eigenvalue weighted by Gasteiger charge is -2.34. The quantitative estimate of drug-likeness (QED) is 0.677.